The minimum absolute atomic E-state index is 0.0466. The van der Waals surface area contributed by atoms with Gasteiger partial charge in [0.05, 0.1) is 6.54 Å². The highest BCUT2D eigenvalue weighted by molar-refractivity contribution is 9.10. The Bertz CT molecular complexity index is 589. The molecule has 3 nitrogen and oxygen atoms in total. The molecule has 0 aliphatic heterocycles. The Kier molecular flexibility index (Phi) is 5.31. The summed E-state index contributed by atoms with van der Waals surface area (Å²) in [5.41, 5.74) is 0. The van der Waals surface area contributed by atoms with E-state index in [0.29, 0.717) is 13.1 Å². The number of nitrogens with one attached hydrogen (secondary N) is 2. The monoisotopic (exact) mass is 361 g/mol. The minimum atomic E-state index is -0.697. The zero-order valence-electron chi connectivity index (χ0n) is 10.8. The standard InChI is InChI=1S/C13H14BrF2N3S/c1-2-4-17-12-9(15)6-10(16)13(19-12)18-7-11-8(14)3-5-20-11/h3,5-6H,2,4,7H2,1H3,(H2,17,18,19). The van der Waals surface area contributed by atoms with E-state index >= 15 is 0 Å². The number of nitrogens with zero attached hydrogens (tertiary/aromatic N) is 1. The molecule has 0 atom stereocenters. The van der Waals surface area contributed by atoms with Gasteiger partial charge in [0.1, 0.15) is 0 Å². The van der Waals surface area contributed by atoms with Crippen LogP contribution in [0, 0.1) is 11.6 Å². The molecule has 7 heteroatoms. The van der Waals surface area contributed by atoms with E-state index < -0.39 is 11.6 Å². The molecule has 0 saturated heterocycles. The third kappa shape index (κ3) is 3.67. The van der Waals surface area contributed by atoms with Crippen LogP contribution in [0.3, 0.4) is 0 Å². The first-order valence-corrected chi connectivity index (χ1v) is 7.84. The summed E-state index contributed by atoms with van der Waals surface area (Å²) in [4.78, 5) is 4.98. The number of thiophene rings is 1. The van der Waals surface area contributed by atoms with Crippen LogP contribution in [0.4, 0.5) is 20.4 Å². The molecule has 108 valence electrons. The lowest BCUT2D eigenvalue weighted by Crippen LogP contribution is -2.09. The van der Waals surface area contributed by atoms with Gasteiger partial charge in [-0.3, -0.25) is 0 Å². The maximum atomic E-state index is 13.7. The topological polar surface area (TPSA) is 37.0 Å². The summed E-state index contributed by atoms with van der Waals surface area (Å²) in [5, 5.41) is 7.66. The minimum Gasteiger partial charge on any atom is -0.368 e. The molecule has 0 aromatic carbocycles. The Balaban J connectivity index is 2.12. The van der Waals surface area contributed by atoms with Crippen LogP contribution < -0.4 is 10.6 Å². The van der Waals surface area contributed by atoms with Crippen molar-refractivity contribution in [2.24, 2.45) is 0 Å². The fraction of sp³-hybridized carbons (Fsp3) is 0.308. The molecule has 0 fully saturated rings. The first-order valence-electron chi connectivity index (χ1n) is 6.17. The fourth-order valence-electron chi connectivity index (χ4n) is 1.57. The Labute approximate surface area is 128 Å². The first kappa shape index (κ1) is 15.2. The average Bonchev–Trinajstić information content (AvgIpc) is 2.82. The largest absolute Gasteiger partial charge is 0.368 e. The van der Waals surface area contributed by atoms with E-state index in [2.05, 4.69) is 31.5 Å². The zero-order chi connectivity index (χ0) is 14.5. The predicted molar refractivity (Wildman–Crippen MR) is 82.3 cm³/mol. The van der Waals surface area contributed by atoms with E-state index in [1.165, 1.54) is 0 Å². The summed E-state index contributed by atoms with van der Waals surface area (Å²) in [6.07, 6.45) is 0.837. The maximum absolute atomic E-state index is 13.7. The average molecular weight is 362 g/mol. The molecule has 2 rings (SSSR count). The van der Waals surface area contributed by atoms with Crippen molar-refractivity contribution in [1.29, 1.82) is 0 Å². The molecule has 2 aromatic heterocycles. The summed E-state index contributed by atoms with van der Waals surface area (Å²) in [7, 11) is 0. The van der Waals surface area contributed by atoms with Crippen LogP contribution in [0.25, 0.3) is 0 Å². The molecule has 0 saturated carbocycles. The predicted octanol–water partition coefficient (Wildman–Crippen LogP) is 4.62. The van der Waals surface area contributed by atoms with E-state index in [1.54, 1.807) is 11.3 Å². The second-order valence-corrected chi connectivity index (χ2v) is 5.98. The molecule has 2 N–H and O–H groups in total. The van der Waals surface area contributed by atoms with Crippen molar-refractivity contribution >= 4 is 38.9 Å². The van der Waals surface area contributed by atoms with Crippen molar-refractivity contribution in [3.63, 3.8) is 0 Å². The van der Waals surface area contributed by atoms with Gasteiger partial charge in [-0.25, -0.2) is 13.8 Å². The summed E-state index contributed by atoms with van der Waals surface area (Å²) >= 11 is 4.95. The quantitative estimate of drug-likeness (QED) is 0.788. The molecule has 2 aromatic rings. The molecule has 0 aliphatic rings. The highest BCUT2D eigenvalue weighted by Gasteiger charge is 2.12. The van der Waals surface area contributed by atoms with E-state index in [9.17, 15) is 8.78 Å². The van der Waals surface area contributed by atoms with Crippen LogP contribution >= 0.6 is 27.3 Å². The van der Waals surface area contributed by atoms with E-state index in [-0.39, 0.29) is 11.6 Å². The molecule has 20 heavy (non-hydrogen) atoms. The van der Waals surface area contributed by atoms with Crippen LogP contribution in [-0.2, 0) is 6.54 Å². The summed E-state index contributed by atoms with van der Waals surface area (Å²) in [6.45, 7) is 2.98. The lowest BCUT2D eigenvalue weighted by atomic mass is 10.3. The molecule has 0 bridgehead atoms. The summed E-state index contributed by atoms with van der Waals surface area (Å²) in [5.74, 6) is -1.26. The van der Waals surface area contributed by atoms with Crippen molar-refractivity contribution < 1.29 is 8.78 Å². The van der Waals surface area contributed by atoms with Gasteiger partial charge in [-0.1, -0.05) is 6.92 Å². The van der Waals surface area contributed by atoms with Crippen LogP contribution in [0.1, 0.15) is 18.2 Å². The lowest BCUT2D eigenvalue weighted by Gasteiger charge is -2.10. The zero-order valence-corrected chi connectivity index (χ0v) is 13.2. The van der Waals surface area contributed by atoms with Crippen LogP contribution in [0.2, 0.25) is 0 Å². The molecule has 0 unspecified atom stereocenters. The third-order valence-corrected chi connectivity index (χ3v) is 4.51. The van der Waals surface area contributed by atoms with Crippen molar-refractivity contribution in [1.82, 2.24) is 4.98 Å². The van der Waals surface area contributed by atoms with Crippen molar-refractivity contribution in [2.45, 2.75) is 19.9 Å². The number of halogens is 3. The number of pyridine rings is 1. The maximum Gasteiger partial charge on any atom is 0.168 e. The number of aromatic nitrogens is 1. The molecule has 0 amide bonds. The fourth-order valence-corrected chi connectivity index (χ4v) is 3.01. The molecular formula is C13H14BrF2N3S. The molecule has 0 spiro atoms. The van der Waals surface area contributed by atoms with Gasteiger partial charge < -0.3 is 10.6 Å². The van der Waals surface area contributed by atoms with Gasteiger partial charge in [0, 0.05) is 22.0 Å². The van der Waals surface area contributed by atoms with Gasteiger partial charge in [0.25, 0.3) is 0 Å². The number of hydrogen-bond acceptors (Lipinski definition) is 4. The lowest BCUT2D eigenvalue weighted by molar-refractivity contribution is 0.578. The Morgan fingerprint density at radius 2 is 1.95 bits per heavy atom. The molecule has 0 aliphatic carbocycles. The van der Waals surface area contributed by atoms with Crippen molar-refractivity contribution in [3.8, 4) is 0 Å². The van der Waals surface area contributed by atoms with Crippen molar-refractivity contribution in [3.05, 3.63) is 38.5 Å². The van der Waals surface area contributed by atoms with Crippen LogP contribution in [-0.4, -0.2) is 11.5 Å². The Morgan fingerprint density at radius 1 is 1.25 bits per heavy atom. The molecular weight excluding hydrogens is 348 g/mol. The van der Waals surface area contributed by atoms with E-state index in [0.717, 1.165) is 21.8 Å². The van der Waals surface area contributed by atoms with Gasteiger partial charge in [-0.15, -0.1) is 11.3 Å². The normalized spacial score (nSPS) is 10.6. The Morgan fingerprint density at radius 3 is 2.55 bits per heavy atom. The second kappa shape index (κ2) is 6.99. The number of anilines is 2. The highest BCUT2D eigenvalue weighted by Crippen LogP contribution is 2.25. The SMILES string of the molecule is CCCNc1nc(NCc2sccc2Br)c(F)cc1F. The molecule has 2 heterocycles. The third-order valence-electron chi connectivity index (χ3n) is 2.58. The summed E-state index contributed by atoms with van der Waals surface area (Å²) < 4.78 is 28.2. The smallest absolute Gasteiger partial charge is 0.168 e. The summed E-state index contributed by atoms with van der Waals surface area (Å²) in [6, 6.07) is 2.77. The first-order chi connectivity index (χ1) is 9.61. The van der Waals surface area contributed by atoms with Gasteiger partial charge in [-0.05, 0) is 33.8 Å². The number of hydrogen-bond donors (Lipinski definition) is 2. The van der Waals surface area contributed by atoms with Gasteiger partial charge in [-0.2, -0.15) is 0 Å². The molecule has 0 radical (unpaired) electrons. The number of rotatable bonds is 6. The van der Waals surface area contributed by atoms with Crippen LogP contribution in [0.5, 0.6) is 0 Å². The van der Waals surface area contributed by atoms with E-state index in [1.807, 2.05) is 18.4 Å². The van der Waals surface area contributed by atoms with Gasteiger partial charge in [0.2, 0.25) is 0 Å². The van der Waals surface area contributed by atoms with Crippen LogP contribution in [0.15, 0.2) is 22.0 Å². The van der Waals surface area contributed by atoms with E-state index in [4.69, 9.17) is 0 Å². The van der Waals surface area contributed by atoms with Gasteiger partial charge in [0.15, 0.2) is 23.3 Å². The highest BCUT2D eigenvalue weighted by atomic mass is 79.9. The van der Waals surface area contributed by atoms with Crippen molar-refractivity contribution in [2.75, 3.05) is 17.2 Å². The Hall–Kier alpha value is -1.21. The van der Waals surface area contributed by atoms with Gasteiger partial charge >= 0.3 is 0 Å². The second-order valence-electron chi connectivity index (χ2n) is 4.12.